The molecular formula is C17H18N2O3S. The summed E-state index contributed by atoms with van der Waals surface area (Å²) in [5.41, 5.74) is 0.951. The zero-order valence-corrected chi connectivity index (χ0v) is 13.6. The fourth-order valence-corrected chi connectivity index (χ4v) is 4.12. The van der Waals surface area contributed by atoms with Crippen LogP contribution in [0.1, 0.15) is 23.8 Å². The quantitative estimate of drug-likeness (QED) is 0.875. The van der Waals surface area contributed by atoms with E-state index in [1.807, 2.05) is 30.3 Å². The lowest BCUT2D eigenvalue weighted by molar-refractivity contribution is -0.145. The normalized spacial score (nSPS) is 20.6. The Hall–Kier alpha value is -2.21. The molecule has 23 heavy (non-hydrogen) atoms. The van der Waals surface area contributed by atoms with Crippen LogP contribution in [0.15, 0.2) is 36.4 Å². The molecule has 6 heteroatoms. The van der Waals surface area contributed by atoms with Gasteiger partial charge in [0, 0.05) is 13.0 Å². The molecule has 2 unspecified atom stereocenters. The zero-order chi connectivity index (χ0) is 16.4. The molecule has 1 aromatic carbocycles. The molecule has 1 amide bonds. The number of carbonyl (C=O) groups excluding carboxylic acids is 1. The van der Waals surface area contributed by atoms with Crippen molar-refractivity contribution in [2.75, 3.05) is 13.6 Å². The van der Waals surface area contributed by atoms with E-state index in [4.69, 9.17) is 5.11 Å². The van der Waals surface area contributed by atoms with Crippen molar-refractivity contribution in [1.82, 2.24) is 9.88 Å². The van der Waals surface area contributed by atoms with Crippen molar-refractivity contribution in [3.63, 3.8) is 0 Å². The van der Waals surface area contributed by atoms with Crippen LogP contribution in [-0.4, -0.2) is 40.5 Å². The van der Waals surface area contributed by atoms with E-state index in [0.29, 0.717) is 6.42 Å². The zero-order valence-electron chi connectivity index (χ0n) is 12.8. The Bertz CT molecular complexity index is 735. The topological polar surface area (TPSA) is 70.5 Å². The van der Waals surface area contributed by atoms with Crippen LogP contribution in [0.25, 0.3) is 10.2 Å². The number of allylic oxidation sites excluding steroid dienone is 2. The van der Waals surface area contributed by atoms with Gasteiger partial charge < -0.3 is 10.0 Å². The van der Waals surface area contributed by atoms with Crippen molar-refractivity contribution in [1.29, 1.82) is 0 Å². The molecule has 1 aliphatic rings. The number of carbonyl (C=O) groups is 2. The number of likely N-dealkylation sites (N-methyl/N-ethyl adjacent to an activating group) is 1. The Morgan fingerprint density at radius 2 is 2.04 bits per heavy atom. The van der Waals surface area contributed by atoms with Gasteiger partial charge >= 0.3 is 5.97 Å². The second kappa shape index (κ2) is 6.50. The molecule has 2 aromatic rings. The number of para-hydroxylation sites is 1. The molecule has 0 spiro atoms. The van der Waals surface area contributed by atoms with E-state index in [2.05, 4.69) is 11.1 Å². The molecule has 120 valence electrons. The summed E-state index contributed by atoms with van der Waals surface area (Å²) in [5, 5.41) is 9.85. The highest BCUT2D eigenvalue weighted by Gasteiger charge is 2.34. The van der Waals surface area contributed by atoms with E-state index >= 15 is 0 Å². The summed E-state index contributed by atoms with van der Waals surface area (Å²) in [7, 11) is 1.55. The highest BCUT2D eigenvalue weighted by atomic mass is 32.1. The Kier molecular flexibility index (Phi) is 4.43. The first-order valence-electron chi connectivity index (χ1n) is 7.53. The number of thiazole rings is 1. The van der Waals surface area contributed by atoms with Crippen LogP contribution in [0.2, 0.25) is 0 Å². The molecule has 1 N–H and O–H groups in total. The van der Waals surface area contributed by atoms with Crippen molar-refractivity contribution >= 4 is 33.4 Å². The van der Waals surface area contributed by atoms with Crippen LogP contribution in [0, 0.1) is 5.92 Å². The van der Waals surface area contributed by atoms with Crippen molar-refractivity contribution in [2.45, 2.75) is 18.8 Å². The number of carboxylic acid groups (broad SMARTS) is 1. The first-order valence-corrected chi connectivity index (χ1v) is 8.35. The largest absolute Gasteiger partial charge is 0.480 e. The Morgan fingerprint density at radius 3 is 2.78 bits per heavy atom. The van der Waals surface area contributed by atoms with Crippen molar-refractivity contribution in [3.8, 4) is 0 Å². The van der Waals surface area contributed by atoms with E-state index in [0.717, 1.165) is 21.6 Å². The third-order valence-electron chi connectivity index (χ3n) is 4.13. The summed E-state index contributed by atoms with van der Waals surface area (Å²) < 4.78 is 1.11. The van der Waals surface area contributed by atoms with E-state index < -0.39 is 5.97 Å². The van der Waals surface area contributed by atoms with Crippen molar-refractivity contribution < 1.29 is 14.7 Å². The predicted molar refractivity (Wildman–Crippen MR) is 89.5 cm³/mol. The van der Waals surface area contributed by atoms with Gasteiger partial charge in [-0.1, -0.05) is 24.3 Å². The van der Waals surface area contributed by atoms with Crippen LogP contribution in [0.3, 0.4) is 0 Å². The van der Waals surface area contributed by atoms with Gasteiger partial charge in [0.15, 0.2) is 0 Å². The molecular weight excluding hydrogens is 312 g/mol. The first kappa shape index (κ1) is 15.7. The summed E-state index contributed by atoms with van der Waals surface area (Å²) in [6, 6.07) is 7.94. The second-order valence-corrected chi connectivity index (χ2v) is 6.83. The standard InChI is InChI=1S/C17H18N2O3S/c1-19(10-15(20)21)17(22)12-7-3-2-6-11(12)16-18-13-8-4-5-9-14(13)23-16/h2-5,8-9,11-12H,6-7,10H2,1H3,(H,20,21). The van der Waals surface area contributed by atoms with Gasteiger partial charge in [-0.3, -0.25) is 9.59 Å². The number of aromatic nitrogens is 1. The van der Waals surface area contributed by atoms with E-state index in [-0.39, 0.29) is 24.3 Å². The third kappa shape index (κ3) is 3.27. The molecule has 0 saturated carbocycles. The Balaban J connectivity index is 1.88. The molecule has 2 atom stereocenters. The van der Waals surface area contributed by atoms with E-state index in [1.54, 1.807) is 18.4 Å². The fourth-order valence-electron chi connectivity index (χ4n) is 2.97. The minimum Gasteiger partial charge on any atom is -0.480 e. The van der Waals surface area contributed by atoms with Gasteiger partial charge in [-0.2, -0.15) is 0 Å². The van der Waals surface area contributed by atoms with Gasteiger partial charge in [0.25, 0.3) is 0 Å². The number of carboxylic acids is 1. The molecule has 0 saturated heterocycles. The summed E-state index contributed by atoms with van der Waals surface area (Å²) in [6.45, 7) is -0.272. The number of aliphatic carboxylic acids is 1. The van der Waals surface area contributed by atoms with Crippen LogP contribution < -0.4 is 0 Å². The number of amides is 1. The van der Waals surface area contributed by atoms with E-state index in [1.165, 1.54) is 4.90 Å². The van der Waals surface area contributed by atoms with Gasteiger partial charge in [0.2, 0.25) is 5.91 Å². The maximum absolute atomic E-state index is 12.6. The molecule has 0 fully saturated rings. The second-order valence-electron chi connectivity index (χ2n) is 5.76. The number of hydrogen-bond donors (Lipinski definition) is 1. The monoisotopic (exact) mass is 330 g/mol. The molecule has 1 heterocycles. The lowest BCUT2D eigenvalue weighted by Gasteiger charge is -2.29. The van der Waals surface area contributed by atoms with Gasteiger partial charge in [-0.15, -0.1) is 11.3 Å². The van der Waals surface area contributed by atoms with Crippen LogP contribution in [0.5, 0.6) is 0 Å². The van der Waals surface area contributed by atoms with Crippen LogP contribution in [-0.2, 0) is 9.59 Å². The summed E-state index contributed by atoms with van der Waals surface area (Å²) in [6.07, 6.45) is 5.47. The number of benzene rings is 1. The molecule has 0 bridgehead atoms. The Labute approximate surface area is 138 Å². The maximum atomic E-state index is 12.6. The molecule has 5 nitrogen and oxygen atoms in total. The number of nitrogens with zero attached hydrogens (tertiary/aromatic N) is 2. The summed E-state index contributed by atoms with van der Waals surface area (Å²) in [5.74, 6) is -1.35. The average molecular weight is 330 g/mol. The summed E-state index contributed by atoms with van der Waals surface area (Å²) >= 11 is 1.62. The van der Waals surface area contributed by atoms with Gasteiger partial charge in [-0.25, -0.2) is 4.98 Å². The number of hydrogen-bond acceptors (Lipinski definition) is 4. The van der Waals surface area contributed by atoms with Crippen LogP contribution in [0.4, 0.5) is 0 Å². The lowest BCUT2D eigenvalue weighted by atomic mass is 9.82. The summed E-state index contributed by atoms with van der Waals surface area (Å²) in [4.78, 5) is 29.5. The minimum atomic E-state index is -0.997. The SMILES string of the molecule is CN(CC(=O)O)C(=O)C1CC=CCC1c1nc2ccccc2s1. The highest BCUT2D eigenvalue weighted by Crippen LogP contribution is 2.39. The molecule has 1 aliphatic carbocycles. The molecule has 1 aromatic heterocycles. The fraction of sp³-hybridized carbons (Fsp3) is 0.353. The maximum Gasteiger partial charge on any atom is 0.323 e. The smallest absolute Gasteiger partial charge is 0.323 e. The van der Waals surface area contributed by atoms with Crippen molar-refractivity contribution in [3.05, 3.63) is 41.4 Å². The van der Waals surface area contributed by atoms with Crippen LogP contribution >= 0.6 is 11.3 Å². The first-order chi connectivity index (χ1) is 11.1. The third-order valence-corrected chi connectivity index (χ3v) is 5.29. The lowest BCUT2D eigenvalue weighted by Crippen LogP contribution is -2.39. The minimum absolute atomic E-state index is 0.0149. The number of rotatable bonds is 4. The average Bonchev–Trinajstić information content (AvgIpc) is 2.97. The van der Waals surface area contributed by atoms with Gasteiger partial charge in [0.05, 0.1) is 21.1 Å². The highest BCUT2D eigenvalue weighted by molar-refractivity contribution is 7.18. The molecule has 0 aliphatic heterocycles. The van der Waals surface area contributed by atoms with E-state index in [9.17, 15) is 9.59 Å². The van der Waals surface area contributed by atoms with Crippen molar-refractivity contribution in [2.24, 2.45) is 5.92 Å². The van der Waals surface area contributed by atoms with Gasteiger partial charge in [-0.05, 0) is 25.0 Å². The molecule has 3 rings (SSSR count). The Morgan fingerprint density at radius 1 is 1.30 bits per heavy atom. The molecule has 0 radical (unpaired) electrons. The number of fused-ring (bicyclic) bond motifs is 1. The predicted octanol–water partition coefficient (Wildman–Crippen LogP) is 2.89. The van der Waals surface area contributed by atoms with Gasteiger partial charge in [0.1, 0.15) is 6.54 Å².